The number of rotatable bonds is 4. The fraction of sp³-hybridized carbons (Fsp3) is 0.500. The molecule has 1 aliphatic heterocycles. The summed E-state index contributed by atoms with van der Waals surface area (Å²) in [6.45, 7) is 1.92. The number of hydrogen-bond donors (Lipinski definition) is 1. The van der Waals surface area contributed by atoms with Crippen molar-refractivity contribution in [3.8, 4) is 6.07 Å². The first-order valence-electron chi connectivity index (χ1n) is 6.11. The van der Waals surface area contributed by atoms with Crippen LogP contribution in [0.3, 0.4) is 0 Å². The van der Waals surface area contributed by atoms with Gasteiger partial charge in [0.25, 0.3) is 0 Å². The predicted molar refractivity (Wildman–Crippen MR) is 73.1 cm³/mol. The number of aliphatic hydroxyl groups excluding tert-OH is 1. The van der Waals surface area contributed by atoms with Gasteiger partial charge in [-0.2, -0.15) is 10.4 Å². The van der Waals surface area contributed by atoms with Crippen molar-refractivity contribution in [1.82, 2.24) is 9.78 Å². The van der Waals surface area contributed by atoms with Crippen molar-refractivity contribution in [2.45, 2.75) is 25.1 Å². The van der Waals surface area contributed by atoms with Gasteiger partial charge >= 0.3 is 0 Å². The Labute approximate surface area is 120 Å². The first kappa shape index (κ1) is 14.6. The van der Waals surface area contributed by atoms with Crippen molar-refractivity contribution in [1.29, 1.82) is 5.26 Å². The number of hydrogen-bond acceptors (Lipinski definition) is 6. The molecule has 1 unspecified atom stereocenters. The van der Waals surface area contributed by atoms with Crippen molar-refractivity contribution in [3.63, 3.8) is 0 Å². The summed E-state index contributed by atoms with van der Waals surface area (Å²) in [4.78, 5) is 24.7. The van der Waals surface area contributed by atoms with E-state index < -0.39 is 0 Å². The van der Waals surface area contributed by atoms with Crippen LogP contribution in [0.4, 0.5) is 5.82 Å². The molecule has 1 fully saturated rings. The smallest absolute Gasteiger partial charge is 0.229 e. The minimum atomic E-state index is -0.139. The van der Waals surface area contributed by atoms with E-state index in [1.54, 1.807) is 0 Å². The lowest BCUT2D eigenvalue weighted by Crippen LogP contribution is -2.29. The molecule has 1 N–H and O–H groups in total. The molecule has 2 rings (SSSR count). The molecule has 1 saturated heterocycles. The summed E-state index contributed by atoms with van der Waals surface area (Å²) in [5, 5.41) is 22.0. The Morgan fingerprint density at radius 2 is 2.45 bits per heavy atom. The van der Waals surface area contributed by atoms with E-state index in [-0.39, 0.29) is 35.8 Å². The number of nitriles is 1. The molecule has 1 aromatic rings. The Balaban J connectivity index is 2.27. The molecule has 1 atom stereocenters. The van der Waals surface area contributed by atoms with Gasteiger partial charge in [-0.05, 0) is 0 Å². The number of aliphatic hydroxyl groups is 1. The molecule has 2 heterocycles. The highest BCUT2D eigenvalue weighted by Gasteiger charge is 2.35. The molecular weight excluding hydrogens is 280 g/mol. The zero-order valence-corrected chi connectivity index (χ0v) is 11.8. The summed E-state index contributed by atoms with van der Waals surface area (Å²) < 4.78 is 1.44. The van der Waals surface area contributed by atoms with E-state index in [1.807, 2.05) is 6.07 Å². The minimum absolute atomic E-state index is 0.0333. The summed E-state index contributed by atoms with van der Waals surface area (Å²) in [5.74, 6) is 0.262. The lowest BCUT2D eigenvalue weighted by Gasteiger charge is -2.18. The highest BCUT2D eigenvalue weighted by molar-refractivity contribution is 8.14. The maximum atomic E-state index is 12.1. The van der Waals surface area contributed by atoms with Crippen LogP contribution in [-0.2, 0) is 16.1 Å². The zero-order chi connectivity index (χ0) is 14.7. The third-order valence-corrected chi connectivity index (χ3v) is 3.90. The van der Waals surface area contributed by atoms with Crippen molar-refractivity contribution in [2.24, 2.45) is 0 Å². The standard InChI is InChI=1S/C12H14N4O3S/c1-8(18)20-10-4-11(19)15(7-10)12-9(5-13)6-14-16(12)2-3-17/h6,10,17H,2-4,7H2,1H3. The molecule has 1 amide bonds. The molecule has 106 valence electrons. The fourth-order valence-electron chi connectivity index (χ4n) is 2.19. The van der Waals surface area contributed by atoms with Gasteiger partial charge in [0.05, 0.1) is 19.3 Å². The van der Waals surface area contributed by atoms with E-state index in [0.29, 0.717) is 17.9 Å². The normalized spacial score (nSPS) is 18.4. The fourth-order valence-corrected chi connectivity index (χ4v) is 3.11. The predicted octanol–water partition coefficient (Wildman–Crippen LogP) is 0.132. The molecule has 0 aliphatic carbocycles. The molecule has 0 bridgehead atoms. The van der Waals surface area contributed by atoms with Gasteiger partial charge in [-0.15, -0.1) is 0 Å². The number of carbonyl (C=O) groups is 2. The van der Waals surface area contributed by atoms with Crippen LogP contribution < -0.4 is 4.90 Å². The molecule has 20 heavy (non-hydrogen) atoms. The summed E-state index contributed by atoms with van der Waals surface area (Å²) in [5.41, 5.74) is 0.292. The lowest BCUT2D eigenvalue weighted by atomic mass is 10.3. The molecular formula is C12H14N4O3S. The summed E-state index contributed by atoms with van der Waals surface area (Å²) in [6.07, 6.45) is 1.64. The van der Waals surface area contributed by atoms with Gasteiger partial charge in [-0.25, -0.2) is 4.68 Å². The van der Waals surface area contributed by atoms with Crippen molar-refractivity contribution in [2.75, 3.05) is 18.1 Å². The van der Waals surface area contributed by atoms with Gasteiger partial charge in [0.2, 0.25) is 5.91 Å². The zero-order valence-electron chi connectivity index (χ0n) is 10.9. The molecule has 1 aliphatic rings. The van der Waals surface area contributed by atoms with Crippen LogP contribution in [0.15, 0.2) is 6.20 Å². The van der Waals surface area contributed by atoms with E-state index in [2.05, 4.69) is 5.10 Å². The van der Waals surface area contributed by atoms with E-state index in [4.69, 9.17) is 10.4 Å². The maximum absolute atomic E-state index is 12.1. The molecule has 7 nitrogen and oxygen atoms in total. The summed E-state index contributed by atoms with van der Waals surface area (Å²) >= 11 is 1.14. The second kappa shape index (κ2) is 6.07. The first-order valence-corrected chi connectivity index (χ1v) is 6.99. The summed E-state index contributed by atoms with van der Waals surface area (Å²) in [6, 6.07) is 1.99. The minimum Gasteiger partial charge on any atom is -0.394 e. The second-order valence-electron chi connectivity index (χ2n) is 4.38. The molecule has 0 spiro atoms. The first-order chi connectivity index (χ1) is 9.56. The number of aromatic nitrogens is 2. The monoisotopic (exact) mass is 294 g/mol. The Morgan fingerprint density at radius 1 is 1.70 bits per heavy atom. The van der Waals surface area contributed by atoms with Crippen LogP contribution in [0, 0.1) is 11.3 Å². The molecule has 0 aromatic carbocycles. The van der Waals surface area contributed by atoms with Gasteiger partial charge in [0.1, 0.15) is 11.6 Å². The maximum Gasteiger partial charge on any atom is 0.229 e. The SMILES string of the molecule is CC(=O)SC1CC(=O)N(c2c(C#N)cnn2CCO)C1. The average Bonchev–Trinajstić information content (AvgIpc) is 2.92. The molecule has 8 heteroatoms. The van der Waals surface area contributed by atoms with Gasteiger partial charge in [-0.1, -0.05) is 11.8 Å². The van der Waals surface area contributed by atoms with Crippen LogP contribution in [0.25, 0.3) is 0 Å². The van der Waals surface area contributed by atoms with Crippen LogP contribution in [-0.4, -0.2) is 44.3 Å². The molecule has 0 saturated carbocycles. The molecule has 1 aromatic heterocycles. The van der Waals surface area contributed by atoms with Gasteiger partial charge in [0, 0.05) is 25.1 Å². The summed E-state index contributed by atoms with van der Waals surface area (Å²) in [7, 11) is 0. The number of thioether (sulfide) groups is 1. The second-order valence-corrected chi connectivity index (χ2v) is 5.86. The largest absolute Gasteiger partial charge is 0.394 e. The van der Waals surface area contributed by atoms with Gasteiger partial charge in [-0.3, -0.25) is 14.5 Å². The van der Waals surface area contributed by atoms with Crippen molar-refractivity contribution >= 4 is 28.6 Å². The van der Waals surface area contributed by atoms with E-state index in [1.165, 1.54) is 22.7 Å². The Bertz CT molecular complexity index is 578. The van der Waals surface area contributed by atoms with Crippen LogP contribution in [0.5, 0.6) is 0 Å². The van der Waals surface area contributed by atoms with Crippen molar-refractivity contribution in [3.05, 3.63) is 11.8 Å². The quantitative estimate of drug-likeness (QED) is 0.847. The van der Waals surface area contributed by atoms with E-state index >= 15 is 0 Å². The Kier molecular flexibility index (Phi) is 4.42. The highest BCUT2D eigenvalue weighted by atomic mass is 32.2. The Morgan fingerprint density at radius 3 is 3.05 bits per heavy atom. The number of nitrogens with zero attached hydrogens (tertiary/aromatic N) is 4. The van der Waals surface area contributed by atoms with Crippen LogP contribution >= 0.6 is 11.8 Å². The third kappa shape index (κ3) is 2.84. The number of carbonyl (C=O) groups excluding carboxylic acids is 2. The van der Waals surface area contributed by atoms with E-state index in [9.17, 15) is 9.59 Å². The number of anilines is 1. The average molecular weight is 294 g/mol. The van der Waals surface area contributed by atoms with Gasteiger partial charge in [0.15, 0.2) is 10.9 Å². The topological polar surface area (TPSA) is 99.2 Å². The number of amides is 1. The van der Waals surface area contributed by atoms with E-state index in [0.717, 1.165) is 11.8 Å². The third-order valence-electron chi connectivity index (χ3n) is 2.92. The van der Waals surface area contributed by atoms with Crippen LogP contribution in [0.1, 0.15) is 18.9 Å². The highest BCUT2D eigenvalue weighted by Crippen LogP contribution is 2.30. The lowest BCUT2D eigenvalue weighted by molar-refractivity contribution is -0.117. The van der Waals surface area contributed by atoms with Crippen molar-refractivity contribution < 1.29 is 14.7 Å². The Hall–Kier alpha value is -1.85. The molecule has 0 radical (unpaired) electrons. The van der Waals surface area contributed by atoms with Crippen LogP contribution in [0.2, 0.25) is 0 Å². The van der Waals surface area contributed by atoms with Gasteiger partial charge < -0.3 is 5.11 Å².